The zero-order chi connectivity index (χ0) is 22.0. The van der Waals surface area contributed by atoms with Gasteiger partial charge in [-0.25, -0.2) is 4.79 Å². The van der Waals surface area contributed by atoms with E-state index in [4.69, 9.17) is 19.3 Å². The van der Waals surface area contributed by atoms with Crippen LogP contribution in [0, 0.1) is 0 Å². The minimum Gasteiger partial charge on any atom is -0.461 e. The fourth-order valence-electron chi connectivity index (χ4n) is 2.41. The standard InChI is InChI=1S/C20H22NO8P/c22-18(14-30(25,26)27)21-17(20(24)29-13-16-9-5-2-6-10-16)11-19(23)28-12-15-7-3-1-4-8-15/h1-10,17H,11-14H2,(H,21,22)(H2,25,26,27). The summed E-state index contributed by atoms with van der Waals surface area (Å²) >= 11 is 0. The molecule has 0 aliphatic rings. The summed E-state index contributed by atoms with van der Waals surface area (Å²) in [7, 11) is -4.64. The Labute approximate surface area is 173 Å². The van der Waals surface area contributed by atoms with Crippen LogP contribution in [0.5, 0.6) is 0 Å². The molecule has 0 aliphatic heterocycles. The second-order valence-electron chi connectivity index (χ2n) is 6.39. The Morgan fingerprint density at radius 2 is 1.37 bits per heavy atom. The predicted molar refractivity (Wildman–Crippen MR) is 106 cm³/mol. The van der Waals surface area contributed by atoms with E-state index in [2.05, 4.69) is 5.32 Å². The Morgan fingerprint density at radius 3 is 1.87 bits per heavy atom. The quantitative estimate of drug-likeness (QED) is 0.377. The maximum atomic E-state index is 12.4. The minimum atomic E-state index is -4.64. The number of esters is 2. The second-order valence-corrected chi connectivity index (χ2v) is 8.03. The minimum absolute atomic E-state index is 0.0259. The molecule has 1 atom stereocenters. The smallest absolute Gasteiger partial charge is 0.334 e. The summed E-state index contributed by atoms with van der Waals surface area (Å²) in [6.07, 6.45) is -1.66. The molecule has 160 valence electrons. The Morgan fingerprint density at radius 1 is 0.867 bits per heavy atom. The van der Waals surface area contributed by atoms with Crippen LogP contribution in [-0.2, 0) is 41.6 Å². The van der Waals surface area contributed by atoms with Crippen LogP contribution in [0.1, 0.15) is 17.5 Å². The van der Waals surface area contributed by atoms with Crippen molar-refractivity contribution >= 4 is 25.4 Å². The fourth-order valence-corrected chi connectivity index (χ4v) is 2.88. The van der Waals surface area contributed by atoms with E-state index in [1.165, 1.54) is 0 Å². The summed E-state index contributed by atoms with van der Waals surface area (Å²) in [6, 6.07) is 16.2. The summed E-state index contributed by atoms with van der Waals surface area (Å²) in [5, 5.41) is 2.13. The Bertz CT molecular complexity index is 898. The van der Waals surface area contributed by atoms with Gasteiger partial charge in [0.05, 0.1) is 6.42 Å². The molecular formula is C20H22NO8P. The van der Waals surface area contributed by atoms with Crippen molar-refractivity contribution in [2.45, 2.75) is 25.7 Å². The van der Waals surface area contributed by atoms with Gasteiger partial charge in [0.1, 0.15) is 25.4 Å². The summed E-state index contributed by atoms with van der Waals surface area (Å²) < 4.78 is 21.2. The van der Waals surface area contributed by atoms with Gasteiger partial charge >= 0.3 is 19.5 Å². The van der Waals surface area contributed by atoms with E-state index in [0.29, 0.717) is 5.56 Å². The normalized spacial score (nSPS) is 11.9. The van der Waals surface area contributed by atoms with Crippen LogP contribution in [0.25, 0.3) is 0 Å². The van der Waals surface area contributed by atoms with Crippen LogP contribution in [0.4, 0.5) is 0 Å². The SMILES string of the molecule is O=C(CP(=O)(O)O)NC(CC(=O)OCc1ccccc1)C(=O)OCc1ccccc1. The molecule has 2 rings (SSSR count). The molecule has 30 heavy (non-hydrogen) atoms. The molecule has 1 unspecified atom stereocenters. The predicted octanol–water partition coefficient (Wildman–Crippen LogP) is 1.53. The third kappa shape index (κ3) is 9.00. The van der Waals surface area contributed by atoms with Crippen molar-refractivity contribution in [3.05, 3.63) is 71.8 Å². The highest BCUT2D eigenvalue weighted by atomic mass is 31.2. The highest BCUT2D eigenvalue weighted by Crippen LogP contribution is 2.33. The van der Waals surface area contributed by atoms with Gasteiger partial charge < -0.3 is 24.6 Å². The zero-order valence-corrected chi connectivity index (χ0v) is 16.9. The molecule has 0 bridgehead atoms. The molecule has 10 heteroatoms. The first-order valence-electron chi connectivity index (χ1n) is 8.97. The third-order valence-electron chi connectivity index (χ3n) is 3.81. The topological polar surface area (TPSA) is 139 Å². The molecular weight excluding hydrogens is 413 g/mol. The number of benzene rings is 2. The van der Waals surface area contributed by atoms with Crippen LogP contribution in [0.3, 0.4) is 0 Å². The maximum Gasteiger partial charge on any atom is 0.334 e. The third-order valence-corrected chi connectivity index (χ3v) is 4.51. The number of carbonyl (C=O) groups is 3. The van der Waals surface area contributed by atoms with Crippen molar-refractivity contribution in [2.75, 3.05) is 6.16 Å². The first-order valence-corrected chi connectivity index (χ1v) is 10.8. The van der Waals surface area contributed by atoms with Crippen LogP contribution < -0.4 is 5.32 Å². The first-order chi connectivity index (χ1) is 14.2. The summed E-state index contributed by atoms with van der Waals surface area (Å²) in [4.78, 5) is 54.2. The van der Waals surface area contributed by atoms with Gasteiger partial charge in [-0.1, -0.05) is 60.7 Å². The van der Waals surface area contributed by atoms with E-state index in [1.807, 2.05) is 0 Å². The van der Waals surface area contributed by atoms with Crippen LogP contribution in [-0.4, -0.2) is 39.8 Å². The van der Waals surface area contributed by atoms with E-state index in [-0.39, 0.29) is 13.2 Å². The molecule has 2 aromatic rings. The van der Waals surface area contributed by atoms with Crippen molar-refractivity contribution in [1.82, 2.24) is 5.32 Å². The average molecular weight is 435 g/mol. The van der Waals surface area contributed by atoms with Crippen molar-refractivity contribution < 1.29 is 38.2 Å². The summed E-state index contributed by atoms with van der Waals surface area (Å²) in [6.45, 7) is -0.120. The Kier molecular flexibility index (Phi) is 8.73. The largest absolute Gasteiger partial charge is 0.461 e. The number of nitrogens with one attached hydrogen (secondary N) is 1. The Hall–Kier alpha value is -3.00. The summed E-state index contributed by atoms with van der Waals surface area (Å²) in [5.41, 5.74) is 1.43. The lowest BCUT2D eigenvalue weighted by Crippen LogP contribution is -2.44. The molecule has 0 aromatic heterocycles. The van der Waals surface area contributed by atoms with Gasteiger partial charge in [-0.3, -0.25) is 14.2 Å². The number of amides is 1. The van der Waals surface area contributed by atoms with Crippen LogP contribution in [0.2, 0.25) is 0 Å². The molecule has 0 saturated carbocycles. The lowest BCUT2D eigenvalue weighted by molar-refractivity contribution is -0.155. The monoisotopic (exact) mass is 435 g/mol. The van der Waals surface area contributed by atoms with Crippen molar-refractivity contribution in [2.24, 2.45) is 0 Å². The molecule has 1 amide bonds. The molecule has 3 N–H and O–H groups in total. The van der Waals surface area contributed by atoms with E-state index < -0.39 is 44.1 Å². The fraction of sp³-hybridized carbons (Fsp3) is 0.250. The highest BCUT2D eigenvalue weighted by Gasteiger charge is 2.29. The average Bonchev–Trinajstić information content (AvgIpc) is 2.70. The van der Waals surface area contributed by atoms with Crippen LogP contribution >= 0.6 is 7.60 Å². The van der Waals surface area contributed by atoms with E-state index in [9.17, 15) is 18.9 Å². The number of rotatable bonds is 10. The second kappa shape index (κ2) is 11.3. The molecule has 0 aliphatic carbocycles. The van der Waals surface area contributed by atoms with Crippen LogP contribution in [0.15, 0.2) is 60.7 Å². The molecule has 0 fully saturated rings. The number of hydrogen-bond acceptors (Lipinski definition) is 6. The molecule has 2 aromatic carbocycles. The van der Waals surface area contributed by atoms with Crippen molar-refractivity contribution in [3.63, 3.8) is 0 Å². The van der Waals surface area contributed by atoms with Gasteiger partial charge in [-0.15, -0.1) is 0 Å². The number of carbonyl (C=O) groups excluding carboxylic acids is 3. The highest BCUT2D eigenvalue weighted by molar-refractivity contribution is 7.52. The number of ether oxygens (including phenoxy) is 2. The molecule has 0 saturated heterocycles. The van der Waals surface area contributed by atoms with Crippen molar-refractivity contribution in [3.8, 4) is 0 Å². The van der Waals surface area contributed by atoms with Crippen molar-refractivity contribution in [1.29, 1.82) is 0 Å². The molecule has 0 radical (unpaired) electrons. The zero-order valence-electron chi connectivity index (χ0n) is 16.0. The van der Waals surface area contributed by atoms with E-state index in [1.54, 1.807) is 60.7 Å². The van der Waals surface area contributed by atoms with E-state index >= 15 is 0 Å². The van der Waals surface area contributed by atoms with Gasteiger partial charge in [0.2, 0.25) is 5.91 Å². The van der Waals surface area contributed by atoms with Gasteiger partial charge in [-0.05, 0) is 11.1 Å². The molecule has 0 heterocycles. The lowest BCUT2D eigenvalue weighted by Gasteiger charge is -2.17. The van der Waals surface area contributed by atoms with Gasteiger partial charge in [-0.2, -0.15) is 0 Å². The lowest BCUT2D eigenvalue weighted by atomic mass is 10.2. The molecule has 0 spiro atoms. The molecule has 9 nitrogen and oxygen atoms in total. The van der Waals surface area contributed by atoms with Gasteiger partial charge in [0.15, 0.2) is 0 Å². The number of hydrogen-bond donors (Lipinski definition) is 3. The van der Waals surface area contributed by atoms with Gasteiger partial charge in [0, 0.05) is 0 Å². The first kappa shape index (κ1) is 23.3. The van der Waals surface area contributed by atoms with Gasteiger partial charge in [0.25, 0.3) is 0 Å². The maximum absolute atomic E-state index is 12.4. The summed E-state index contributed by atoms with van der Waals surface area (Å²) in [5.74, 6) is -2.78. The van der Waals surface area contributed by atoms with E-state index in [0.717, 1.165) is 5.56 Å². The Balaban J connectivity index is 1.97.